The van der Waals surface area contributed by atoms with Gasteiger partial charge >= 0.3 is 6.09 Å². The summed E-state index contributed by atoms with van der Waals surface area (Å²) in [5.74, 6) is 0. The highest BCUT2D eigenvalue weighted by Crippen LogP contribution is 2.39. The second-order valence-electron chi connectivity index (χ2n) is 7.99. The number of hydrogen-bond donors (Lipinski definition) is 1. The Morgan fingerprint density at radius 1 is 1.34 bits per heavy atom. The Hall–Kier alpha value is -1.68. The summed E-state index contributed by atoms with van der Waals surface area (Å²) in [5.41, 5.74) is -0.397. The molecule has 2 aliphatic heterocycles. The number of amides is 1. The standard InChI is InChI=1S/C20H27FN2O5S/c1-20(2,3)28-19(25)23(4)18-22-15-14(21)16(13(10-24)27-17(15)29-18)26-11-12-8-6-5-7-9-12/h5-9,13-17,24H,10-11H2,1-4H3/t13-,14+,15-,16-,17-/m1/s1. The normalized spacial score (nSPS) is 29.2. The fourth-order valence-corrected chi connectivity index (χ4v) is 4.23. The Kier molecular flexibility index (Phi) is 6.83. The molecule has 160 valence electrons. The van der Waals surface area contributed by atoms with Crippen LogP contribution < -0.4 is 0 Å². The van der Waals surface area contributed by atoms with Crippen molar-refractivity contribution in [2.24, 2.45) is 4.99 Å². The number of carbonyl (C=O) groups excluding carboxylic acids is 1. The number of amidine groups is 1. The Morgan fingerprint density at radius 3 is 2.66 bits per heavy atom. The maximum Gasteiger partial charge on any atom is 0.416 e. The van der Waals surface area contributed by atoms with Crippen molar-refractivity contribution in [1.29, 1.82) is 0 Å². The molecular formula is C20H27FN2O5S. The van der Waals surface area contributed by atoms with Crippen molar-refractivity contribution in [1.82, 2.24) is 4.90 Å². The molecule has 2 aliphatic rings. The van der Waals surface area contributed by atoms with Gasteiger partial charge in [-0.15, -0.1) is 0 Å². The fourth-order valence-electron chi connectivity index (χ4n) is 3.06. The molecule has 0 aromatic heterocycles. The number of aliphatic imine (C=N–C) groups is 1. The van der Waals surface area contributed by atoms with Crippen molar-refractivity contribution >= 4 is 23.0 Å². The molecule has 1 aromatic rings. The summed E-state index contributed by atoms with van der Waals surface area (Å²) in [6, 6.07) is 8.57. The van der Waals surface area contributed by atoms with Crippen molar-refractivity contribution in [2.45, 2.75) is 62.8 Å². The number of thioether (sulfide) groups is 1. The zero-order valence-corrected chi connectivity index (χ0v) is 17.8. The number of fused-ring (bicyclic) bond motifs is 1. The Morgan fingerprint density at radius 2 is 2.03 bits per heavy atom. The quantitative estimate of drug-likeness (QED) is 0.797. The summed E-state index contributed by atoms with van der Waals surface area (Å²) in [6.45, 7) is 5.13. The molecule has 3 rings (SSSR count). The van der Waals surface area contributed by atoms with E-state index in [0.717, 1.165) is 17.3 Å². The van der Waals surface area contributed by atoms with E-state index in [1.807, 2.05) is 30.3 Å². The van der Waals surface area contributed by atoms with E-state index >= 15 is 4.39 Å². The van der Waals surface area contributed by atoms with Crippen LogP contribution >= 0.6 is 11.8 Å². The maximum atomic E-state index is 15.3. The van der Waals surface area contributed by atoms with Gasteiger partial charge in [-0.05, 0) is 26.3 Å². The summed E-state index contributed by atoms with van der Waals surface area (Å²) in [4.78, 5) is 17.9. The van der Waals surface area contributed by atoms with Crippen LogP contribution in [0, 0.1) is 0 Å². The zero-order valence-electron chi connectivity index (χ0n) is 16.9. The van der Waals surface area contributed by atoms with E-state index in [0.29, 0.717) is 5.17 Å². The van der Waals surface area contributed by atoms with Gasteiger partial charge < -0.3 is 19.3 Å². The fraction of sp³-hybridized carbons (Fsp3) is 0.600. The lowest BCUT2D eigenvalue weighted by atomic mass is 9.99. The number of rotatable bonds is 4. The van der Waals surface area contributed by atoms with E-state index in [-0.39, 0.29) is 13.2 Å². The number of halogens is 1. The summed E-state index contributed by atoms with van der Waals surface area (Å²) >= 11 is 1.14. The first-order valence-corrected chi connectivity index (χ1v) is 10.3. The Balaban J connectivity index is 1.69. The third-order valence-electron chi connectivity index (χ3n) is 4.49. The minimum absolute atomic E-state index is 0.199. The van der Waals surface area contributed by atoms with Crippen molar-refractivity contribution in [3.8, 4) is 0 Å². The molecule has 7 nitrogen and oxygen atoms in total. The molecule has 0 radical (unpaired) electrons. The van der Waals surface area contributed by atoms with Gasteiger partial charge in [0.2, 0.25) is 0 Å². The number of hydrogen-bond acceptors (Lipinski definition) is 7. The highest BCUT2D eigenvalue weighted by Gasteiger charge is 2.51. The summed E-state index contributed by atoms with van der Waals surface area (Å²) < 4.78 is 32.2. The van der Waals surface area contributed by atoms with Crippen LogP contribution in [-0.4, -0.2) is 70.4 Å². The molecule has 0 bridgehead atoms. The molecule has 1 saturated heterocycles. The molecule has 0 saturated carbocycles. The molecule has 0 unspecified atom stereocenters. The number of alkyl halides is 1. The Labute approximate surface area is 174 Å². The minimum atomic E-state index is -1.48. The molecule has 1 fully saturated rings. The van der Waals surface area contributed by atoms with Crippen LogP contribution in [-0.2, 0) is 20.8 Å². The largest absolute Gasteiger partial charge is 0.443 e. The minimum Gasteiger partial charge on any atom is -0.443 e. The smallest absolute Gasteiger partial charge is 0.416 e. The molecular weight excluding hydrogens is 399 g/mol. The third kappa shape index (κ3) is 5.28. The number of ether oxygens (including phenoxy) is 3. The van der Waals surface area contributed by atoms with Gasteiger partial charge in [0.05, 0.1) is 13.2 Å². The van der Waals surface area contributed by atoms with E-state index in [1.165, 1.54) is 11.9 Å². The van der Waals surface area contributed by atoms with Crippen LogP contribution in [0.1, 0.15) is 26.3 Å². The van der Waals surface area contributed by atoms with Gasteiger partial charge in [0, 0.05) is 7.05 Å². The number of aliphatic hydroxyl groups is 1. The van der Waals surface area contributed by atoms with Crippen molar-refractivity contribution in [3.05, 3.63) is 35.9 Å². The SMILES string of the molecule is CN(C(=O)OC(C)(C)C)C1=N[C@@H]2[C@H](F)[C@H](OCc3ccccc3)[C@@H](CO)O[C@@H]2S1. The van der Waals surface area contributed by atoms with Crippen molar-refractivity contribution < 1.29 is 28.5 Å². The number of benzene rings is 1. The van der Waals surface area contributed by atoms with Crippen LogP contribution in [0.3, 0.4) is 0 Å². The molecule has 1 amide bonds. The zero-order chi connectivity index (χ0) is 21.2. The lowest BCUT2D eigenvalue weighted by Crippen LogP contribution is -2.55. The van der Waals surface area contributed by atoms with Crippen LogP contribution in [0.4, 0.5) is 9.18 Å². The van der Waals surface area contributed by atoms with Crippen LogP contribution in [0.2, 0.25) is 0 Å². The molecule has 9 heteroatoms. The average molecular weight is 427 g/mol. The van der Waals surface area contributed by atoms with Crippen molar-refractivity contribution in [2.75, 3.05) is 13.7 Å². The average Bonchev–Trinajstić information content (AvgIpc) is 3.10. The molecule has 1 aromatic carbocycles. The van der Waals surface area contributed by atoms with E-state index in [2.05, 4.69) is 4.99 Å². The monoisotopic (exact) mass is 426 g/mol. The first-order valence-electron chi connectivity index (χ1n) is 9.46. The molecule has 5 atom stereocenters. The van der Waals surface area contributed by atoms with Gasteiger partial charge in [-0.2, -0.15) is 0 Å². The second-order valence-corrected chi connectivity index (χ2v) is 9.06. The van der Waals surface area contributed by atoms with E-state index in [4.69, 9.17) is 14.2 Å². The topological polar surface area (TPSA) is 80.6 Å². The lowest BCUT2D eigenvalue weighted by molar-refractivity contribution is -0.171. The first-order chi connectivity index (χ1) is 13.7. The second kappa shape index (κ2) is 8.99. The van der Waals surface area contributed by atoms with Gasteiger partial charge in [0.25, 0.3) is 0 Å². The van der Waals surface area contributed by atoms with Gasteiger partial charge in [-0.1, -0.05) is 42.1 Å². The molecule has 1 N–H and O–H groups in total. The highest BCUT2D eigenvalue weighted by atomic mass is 32.2. The van der Waals surface area contributed by atoms with Crippen LogP contribution in [0.25, 0.3) is 0 Å². The summed E-state index contributed by atoms with van der Waals surface area (Å²) in [6.07, 6.45) is -3.83. The predicted molar refractivity (Wildman–Crippen MR) is 108 cm³/mol. The highest BCUT2D eigenvalue weighted by molar-refractivity contribution is 8.14. The molecule has 29 heavy (non-hydrogen) atoms. The lowest BCUT2D eigenvalue weighted by Gasteiger charge is -2.38. The Bertz CT molecular complexity index is 742. The predicted octanol–water partition coefficient (Wildman–Crippen LogP) is 2.97. The van der Waals surface area contributed by atoms with E-state index in [1.54, 1.807) is 20.8 Å². The van der Waals surface area contributed by atoms with Gasteiger partial charge in [0.1, 0.15) is 29.3 Å². The van der Waals surface area contributed by atoms with Gasteiger partial charge in [-0.25, -0.2) is 9.18 Å². The number of nitrogens with zero attached hydrogens (tertiary/aromatic N) is 2. The number of carbonyl (C=O) groups is 1. The van der Waals surface area contributed by atoms with Crippen molar-refractivity contribution in [3.63, 3.8) is 0 Å². The van der Waals surface area contributed by atoms with E-state index < -0.39 is 41.6 Å². The summed E-state index contributed by atoms with van der Waals surface area (Å²) in [5, 5.41) is 10.0. The van der Waals surface area contributed by atoms with Crippen LogP contribution in [0.5, 0.6) is 0 Å². The van der Waals surface area contributed by atoms with Gasteiger partial charge in [0.15, 0.2) is 11.3 Å². The summed E-state index contributed by atoms with van der Waals surface area (Å²) in [7, 11) is 1.53. The van der Waals surface area contributed by atoms with Crippen LogP contribution in [0.15, 0.2) is 35.3 Å². The molecule has 0 spiro atoms. The molecule has 0 aliphatic carbocycles. The first kappa shape index (κ1) is 22.0. The van der Waals surface area contributed by atoms with Gasteiger partial charge in [-0.3, -0.25) is 9.89 Å². The maximum absolute atomic E-state index is 15.3. The molecule has 2 heterocycles. The number of aliphatic hydroxyl groups excluding tert-OH is 1. The third-order valence-corrected chi connectivity index (χ3v) is 5.71. The van der Waals surface area contributed by atoms with E-state index in [9.17, 15) is 9.90 Å².